The summed E-state index contributed by atoms with van der Waals surface area (Å²) in [6, 6.07) is 21.6. The number of quaternary nitrogens is 1. The molecule has 0 saturated carbocycles. The van der Waals surface area contributed by atoms with Crippen LogP contribution in [0.3, 0.4) is 0 Å². The first-order valence-corrected chi connectivity index (χ1v) is 13.0. The highest BCUT2D eigenvalue weighted by Gasteiger charge is 2.17. The SMILES string of the molecule is C/N=c1\c(=C/c2nc3ccccc3n2CCC[N+](C)(C)CCCN(C)C)c2cccc3cccc1c32. The van der Waals surface area contributed by atoms with Crippen LogP contribution in [0.1, 0.15) is 18.7 Å². The summed E-state index contributed by atoms with van der Waals surface area (Å²) < 4.78 is 3.44. The van der Waals surface area contributed by atoms with Crippen molar-refractivity contribution < 1.29 is 4.48 Å². The van der Waals surface area contributed by atoms with Crippen molar-refractivity contribution in [3.05, 3.63) is 77.1 Å². The predicted octanol–water partition coefficient (Wildman–Crippen LogP) is 4.28. The maximum Gasteiger partial charge on any atom is 0.134 e. The van der Waals surface area contributed by atoms with Crippen LogP contribution in [0.4, 0.5) is 0 Å². The van der Waals surface area contributed by atoms with E-state index < -0.39 is 0 Å². The lowest BCUT2D eigenvalue weighted by atomic mass is 10.1. The highest BCUT2D eigenvalue weighted by molar-refractivity contribution is 6.11. The zero-order valence-electron chi connectivity index (χ0n) is 22.3. The molecule has 5 aromatic rings. The second kappa shape index (κ2) is 10.00. The van der Waals surface area contributed by atoms with Crippen molar-refractivity contribution in [2.45, 2.75) is 19.4 Å². The lowest BCUT2D eigenvalue weighted by Crippen LogP contribution is -2.42. The number of imidazole rings is 1. The minimum Gasteiger partial charge on any atom is -0.328 e. The van der Waals surface area contributed by atoms with Gasteiger partial charge in [0.25, 0.3) is 0 Å². The molecule has 0 aliphatic rings. The van der Waals surface area contributed by atoms with Crippen molar-refractivity contribution in [3.8, 4) is 0 Å². The Morgan fingerprint density at radius 2 is 1.64 bits per heavy atom. The smallest absolute Gasteiger partial charge is 0.134 e. The van der Waals surface area contributed by atoms with E-state index in [0.717, 1.165) is 47.2 Å². The number of aryl methyl sites for hydroxylation is 1. The second-order valence-corrected chi connectivity index (χ2v) is 10.8. The number of hydrogen-bond acceptors (Lipinski definition) is 3. The van der Waals surface area contributed by atoms with Gasteiger partial charge in [0.05, 0.1) is 43.6 Å². The molecule has 0 radical (unpaired) electrons. The molecule has 4 aromatic carbocycles. The van der Waals surface area contributed by atoms with Crippen LogP contribution in [0, 0.1) is 0 Å². The summed E-state index contributed by atoms with van der Waals surface area (Å²) in [7, 11) is 10.9. The molecule has 0 unspecified atom stereocenters. The van der Waals surface area contributed by atoms with Crippen LogP contribution < -0.4 is 10.6 Å². The molecule has 0 aliphatic heterocycles. The van der Waals surface area contributed by atoms with Crippen LogP contribution in [-0.4, -0.2) is 73.8 Å². The Balaban J connectivity index is 1.53. The van der Waals surface area contributed by atoms with Gasteiger partial charge in [-0.05, 0) is 48.5 Å². The van der Waals surface area contributed by atoms with Crippen molar-refractivity contribution in [3.63, 3.8) is 0 Å². The summed E-state index contributed by atoms with van der Waals surface area (Å²) in [4.78, 5) is 12.1. The minimum absolute atomic E-state index is 0.949. The number of benzene rings is 3. The van der Waals surface area contributed by atoms with Crippen LogP contribution >= 0.6 is 0 Å². The predicted molar refractivity (Wildman–Crippen MR) is 152 cm³/mol. The molecule has 0 amide bonds. The molecule has 36 heavy (non-hydrogen) atoms. The van der Waals surface area contributed by atoms with Gasteiger partial charge in [0, 0.05) is 43.6 Å². The largest absolute Gasteiger partial charge is 0.328 e. The number of fused-ring (bicyclic) bond motifs is 1. The molecule has 0 fully saturated rings. The Morgan fingerprint density at radius 1 is 0.917 bits per heavy atom. The number of para-hydroxylation sites is 2. The summed E-state index contributed by atoms with van der Waals surface area (Å²) in [5.74, 6) is 1.01. The van der Waals surface area contributed by atoms with E-state index in [0.29, 0.717) is 0 Å². The number of aromatic nitrogens is 2. The van der Waals surface area contributed by atoms with Gasteiger partial charge in [-0.15, -0.1) is 0 Å². The van der Waals surface area contributed by atoms with Crippen LogP contribution in [0.2, 0.25) is 0 Å². The van der Waals surface area contributed by atoms with Gasteiger partial charge in [-0.25, -0.2) is 4.98 Å². The van der Waals surface area contributed by atoms with E-state index in [1.54, 1.807) is 0 Å². The van der Waals surface area contributed by atoms with Gasteiger partial charge in [0.2, 0.25) is 0 Å². The number of nitrogens with zero attached hydrogens (tertiary/aromatic N) is 5. The van der Waals surface area contributed by atoms with Crippen LogP contribution in [-0.2, 0) is 6.54 Å². The third-order valence-electron chi connectivity index (χ3n) is 7.40. The summed E-state index contributed by atoms with van der Waals surface area (Å²) in [5.41, 5.74) is 2.25. The lowest BCUT2D eigenvalue weighted by Gasteiger charge is -2.30. The second-order valence-electron chi connectivity index (χ2n) is 10.8. The first kappa shape index (κ1) is 24.4. The molecule has 5 nitrogen and oxygen atoms in total. The van der Waals surface area contributed by atoms with Gasteiger partial charge < -0.3 is 14.0 Å². The molecule has 1 aromatic heterocycles. The molecule has 5 heteroatoms. The molecule has 0 atom stereocenters. The van der Waals surface area contributed by atoms with E-state index in [1.807, 2.05) is 7.05 Å². The molecule has 1 heterocycles. The van der Waals surface area contributed by atoms with Gasteiger partial charge >= 0.3 is 0 Å². The first-order chi connectivity index (χ1) is 17.4. The Bertz CT molecular complexity index is 1600. The van der Waals surface area contributed by atoms with E-state index in [4.69, 9.17) is 9.98 Å². The van der Waals surface area contributed by atoms with Crippen LogP contribution in [0.5, 0.6) is 0 Å². The quantitative estimate of drug-likeness (QED) is 0.295. The van der Waals surface area contributed by atoms with E-state index >= 15 is 0 Å². The molecule has 0 spiro atoms. The molecule has 5 rings (SSSR count). The third kappa shape index (κ3) is 4.73. The maximum atomic E-state index is 5.08. The summed E-state index contributed by atoms with van der Waals surface area (Å²) in [5, 5.41) is 7.25. The number of hydrogen-bond donors (Lipinski definition) is 0. The third-order valence-corrected chi connectivity index (χ3v) is 7.40. The van der Waals surface area contributed by atoms with Gasteiger partial charge in [0.15, 0.2) is 0 Å². The normalized spacial score (nSPS) is 13.8. The van der Waals surface area contributed by atoms with Crippen LogP contribution in [0.25, 0.3) is 38.7 Å². The molecule has 0 saturated heterocycles. The Morgan fingerprint density at radius 3 is 2.39 bits per heavy atom. The average molecular weight is 481 g/mol. The van der Waals surface area contributed by atoms with Gasteiger partial charge in [-0.2, -0.15) is 0 Å². The highest BCUT2D eigenvalue weighted by Crippen LogP contribution is 2.23. The zero-order chi connectivity index (χ0) is 25.3. The van der Waals surface area contributed by atoms with Gasteiger partial charge in [-0.3, -0.25) is 4.99 Å². The fourth-order valence-corrected chi connectivity index (χ4v) is 5.57. The molecular weight excluding hydrogens is 442 g/mol. The number of rotatable bonds is 9. The van der Waals surface area contributed by atoms with Crippen LogP contribution in [0.15, 0.2) is 65.7 Å². The van der Waals surface area contributed by atoms with Crippen molar-refractivity contribution in [1.82, 2.24) is 14.5 Å². The highest BCUT2D eigenvalue weighted by atomic mass is 15.3. The monoisotopic (exact) mass is 480 g/mol. The lowest BCUT2D eigenvalue weighted by molar-refractivity contribution is -0.890. The first-order valence-electron chi connectivity index (χ1n) is 13.0. The molecule has 0 bridgehead atoms. The fourth-order valence-electron chi connectivity index (χ4n) is 5.57. The molecular formula is C31H38N5+. The van der Waals surface area contributed by atoms with E-state index in [-0.39, 0.29) is 0 Å². The standard InChI is InChI=1S/C31H38N5/c1-32-31-25-15-9-13-23-12-8-14-24(30(23)25)26(31)22-29-33-27-16-6-7-17-28(27)35(29)19-11-21-36(4,5)20-10-18-34(2)3/h6-9,12-17,22H,10-11,18-21H2,1-5H3/q+1/b26-22-,32-31-. The summed E-state index contributed by atoms with van der Waals surface area (Å²) in [6.07, 6.45) is 4.58. The zero-order valence-corrected chi connectivity index (χ0v) is 22.3. The Hall–Kier alpha value is -3.28. The van der Waals surface area contributed by atoms with E-state index in [1.165, 1.54) is 45.2 Å². The van der Waals surface area contributed by atoms with Crippen molar-refractivity contribution in [2.75, 3.05) is 54.9 Å². The molecule has 186 valence electrons. The summed E-state index contributed by atoms with van der Waals surface area (Å²) >= 11 is 0. The van der Waals surface area contributed by atoms with E-state index in [9.17, 15) is 0 Å². The Labute approximate surface area is 213 Å². The maximum absolute atomic E-state index is 5.08. The topological polar surface area (TPSA) is 33.4 Å². The fraction of sp³-hybridized carbons (Fsp3) is 0.355. The van der Waals surface area contributed by atoms with E-state index in [2.05, 4.69) is 104 Å². The van der Waals surface area contributed by atoms with Gasteiger partial charge in [-0.1, -0.05) is 48.5 Å². The van der Waals surface area contributed by atoms with Gasteiger partial charge in [0.1, 0.15) is 5.82 Å². The Kier molecular flexibility index (Phi) is 6.78. The van der Waals surface area contributed by atoms with Crippen molar-refractivity contribution >= 4 is 38.7 Å². The molecule has 0 N–H and O–H groups in total. The van der Waals surface area contributed by atoms with Crippen molar-refractivity contribution in [1.29, 1.82) is 0 Å². The summed E-state index contributed by atoms with van der Waals surface area (Å²) in [6.45, 7) is 4.42. The minimum atomic E-state index is 0.949. The van der Waals surface area contributed by atoms with Crippen molar-refractivity contribution in [2.24, 2.45) is 4.99 Å². The molecule has 0 aliphatic carbocycles. The average Bonchev–Trinajstić information content (AvgIpc) is 3.35.